The summed E-state index contributed by atoms with van der Waals surface area (Å²) in [5.41, 5.74) is 6.39. The molecule has 1 unspecified atom stereocenters. The molecular weight excluding hydrogens is 270 g/mol. The maximum Gasteiger partial charge on any atom is 0.270 e. The second kappa shape index (κ2) is 4.56. The van der Waals surface area contributed by atoms with Crippen molar-refractivity contribution in [1.29, 1.82) is 0 Å². The summed E-state index contributed by atoms with van der Waals surface area (Å²) in [6.07, 6.45) is 0.812. The number of hydrogen-bond acceptors (Lipinski definition) is 5. The van der Waals surface area contributed by atoms with Crippen molar-refractivity contribution in [3.8, 4) is 0 Å². The fourth-order valence-corrected chi connectivity index (χ4v) is 5.05. The number of thiazole rings is 1. The Hall–Kier alpha value is -0.500. The number of nitrogens with zero attached hydrogens (tertiary/aromatic N) is 2. The highest BCUT2D eigenvalue weighted by molar-refractivity contribution is 7.91. The van der Waals surface area contributed by atoms with Crippen molar-refractivity contribution < 1.29 is 8.42 Å². The molecule has 0 radical (unpaired) electrons. The maximum atomic E-state index is 12.4. The molecule has 0 aromatic carbocycles. The van der Waals surface area contributed by atoms with E-state index in [0.29, 0.717) is 19.6 Å². The zero-order chi connectivity index (χ0) is 13.6. The van der Waals surface area contributed by atoms with Gasteiger partial charge in [0.15, 0.2) is 0 Å². The van der Waals surface area contributed by atoms with E-state index in [4.69, 9.17) is 5.73 Å². The highest BCUT2D eigenvalue weighted by Crippen LogP contribution is 2.33. The van der Waals surface area contributed by atoms with E-state index < -0.39 is 10.0 Å². The molecule has 0 aliphatic carbocycles. The molecule has 0 amide bonds. The lowest BCUT2D eigenvalue weighted by molar-refractivity contribution is 0.349. The summed E-state index contributed by atoms with van der Waals surface area (Å²) in [6.45, 7) is 7.28. The topological polar surface area (TPSA) is 76.3 Å². The van der Waals surface area contributed by atoms with Crippen LogP contribution >= 0.6 is 11.3 Å². The molecule has 7 heteroatoms. The van der Waals surface area contributed by atoms with Crippen molar-refractivity contribution in [1.82, 2.24) is 9.29 Å². The van der Waals surface area contributed by atoms with Crippen molar-refractivity contribution in [2.24, 2.45) is 11.1 Å². The van der Waals surface area contributed by atoms with Gasteiger partial charge < -0.3 is 5.73 Å². The van der Waals surface area contributed by atoms with Crippen LogP contribution in [0.3, 0.4) is 0 Å². The summed E-state index contributed by atoms with van der Waals surface area (Å²) >= 11 is 1.24. The molecule has 2 heterocycles. The zero-order valence-corrected chi connectivity index (χ0v) is 12.6. The van der Waals surface area contributed by atoms with Crippen LogP contribution in [0.4, 0.5) is 0 Å². The number of sulfonamides is 1. The van der Waals surface area contributed by atoms with E-state index in [-0.39, 0.29) is 9.75 Å². The minimum absolute atomic E-state index is 0.103. The third-order valence-electron chi connectivity index (χ3n) is 3.59. The molecule has 2 N–H and O–H groups in total. The predicted molar refractivity (Wildman–Crippen MR) is 72.1 cm³/mol. The maximum absolute atomic E-state index is 12.4. The first-order valence-electron chi connectivity index (χ1n) is 5.93. The van der Waals surface area contributed by atoms with E-state index in [2.05, 4.69) is 4.98 Å². The van der Waals surface area contributed by atoms with E-state index in [1.165, 1.54) is 15.6 Å². The molecule has 1 aromatic rings. The molecule has 1 atom stereocenters. The Bertz CT molecular complexity index is 533. The van der Waals surface area contributed by atoms with Crippen molar-refractivity contribution >= 4 is 21.4 Å². The number of nitrogens with two attached hydrogens (primary N) is 1. The van der Waals surface area contributed by atoms with Gasteiger partial charge in [0.25, 0.3) is 10.0 Å². The highest BCUT2D eigenvalue weighted by Gasteiger charge is 2.40. The van der Waals surface area contributed by atoms with Gasteiger partial charge in [0.1, 0.15) is 0 Å². The molecule has 0 bridgehead atoms. The Balaban J connectivity index is 2.28. The molecule has 0 spiro atoms. The smallest absolute Gasteiger partial charge is 0.270 e. The van der Waals surface area contributed by atoms with Gasteiger partial charge in [-0.15, -0.1) is 11.3 Å². The molecule has 1 saturated heterocycles. The van der Waals surface area contributed by atoms with Crippen LogP contribution in [0.2, 0.25) is 0 Å². The fourth-order valence-electron chi connectivity index (χ4n) is 2.01. The van der Waals surface area contributed by atoms with Crippen LogP contribution in [0, 0.1) is 19.3 Å². The molecule has 0 saturated carbocycles. The summed E-state index contributed by atoms with van der Waals surface area (Å²) < 4.78 is 26.6. The van der Waals surface area contributed by atoms with Crippen molar-refractivity contribution in [3.05, 3.63) is 10.6 Å². The summed E-state index contributed by atoms with van der Waals surface area (Å²) in [5.74, 6) is 0. The van der Waals surface area contributed by atoms with E-state index in [1.54, 1.807) is 0 Å². The van der Waals surface area contributed by atoms with E-state index in [0.717, 1.165) is 17.0 Å². The molecule has 1 fully saturated rings. The van der Waals surface area contributed by atoms with Crippen LogP contribution in [0.5, 0.6) is 0 Å². The summed E-state index contributed by atoms with van der Waals surface area (Å²) in [5, 5.41) is 0. The van der Waals surface area contributed by atoms with Crippen LogP contribution in [0.1, 0.15) is 23.9 Å². The summed E-state index contributed by atoms with van der Waals surface area (Å²) in [6, 6.07) is 0. The monoisotopic (exact) mass is 289 g/mol. The average molecular weight is 289 g/mol. The quantitative estimate of drug-likeness (QED) is 0.904. The lowest BCUT2D eigenvalue weighted by Gasteiger charge is -2.21. The fraction of sp³-hybridized carbons (Fsp3) is 0.727. The van der Waals surface area contributed by atoms with Gasteiger partial charge in [-0.05, 0) is 32.2 Å². The Labute approximate surface area is 112 Å². The third-order valence-corrected chi connectivity index (χ3v) is 6.86. The lowest BCUT2D eigenvalue weighted by Crippen LogP contribution is -2.34. The largest absolute Gasteiger partial charge is 0.330 e. The van der Waals surface area contributed by atoms with Crippen LogP contribution in [-0.2, 0) is 10.0 Å². The highest BCUT2D eigenvalue weighted by atomic mass is 32.2. The van der Waals surface area contributed by atoms with Crippen LogP contribution in [0.15, 0.2) is 4.34 Å². The standard InChI is InChI=1S/C11H19N3O2S2/c1-8-9(2)17-10(13-8)18(15,16)14-5-4-11(3,6-12)7-14/h4-7,12H2,1-3H3. The van der Waals surface area contributed by atoms with Crippen molar-refractivity contribution in [2.75, 3.05) is 19.6 Å². The number of hydrogen-bond donors (Lipinski definition) is 1. The Morgan fingerprint density at radius 2 is 2.17 bits per heavy atom. The zero-order valence-electron chi connectivity index (χ0n) is 10.9. The van der Waals surface area contributed by atoms with Crippen molar-refractivity contribution in [3.63, 3.8) is 0 Å². The second-order valence-corrected chi connectivity index (χ2v) is 8.54. The number of rotatable bonds is 3. The van der Waals surface area contributed by atoms with Crippen molar-refractivity contribution in [2.45, 2.75) is 31.5 Å². The molecule has 5 nitrogen and oxygen atoms in total. The minimum Gasteiger partial charge on any atom is -0.330 e. The van der Waals surface area contributed by atoms with Gasteiger partial charge in [0, 0.05) is 18.0 Å². The average Bonchev–Trinajstić information content (AvgIpc) is 2.86. The Morgan fingerprint density at radius 3 is 2.61 bits per heavy atom. The van der Waals surface area contributed by atoms with Crippen LogP contribution in [-0.4, -0.2) is 37.3 Å². The van der Waals surface area contributed by atoms with Gasteiger partial charge in [0.05, 0.1) is 5.69 Å². The molecule has 1 aliphatic heterocycles. The van der Waals surface area contributed by atoms with E-state index in [9.17, 15) is 8.42 Å². The normalized spacial score (nSPS) is 25.8. The second-order valence-electron chi connectivity index (χ2n) is 5.22. The number of aryl methyl sites for hydroxylation is 2. The van der Waals surface area contributed by atoms with Gasteiger partial charge in [-0.2, -0.15) is 4.31 Å². The molecule has 102 valence electrons. The van der Waals surface area contributed by atoms with Crippen LogP contribution in [0.25, 0.3) is 0 Å². The lowest BCUT2D eigenvalue weighted by atomic mass is 9.90. The molecule has 2 rings (SSSR count). The Kier molecular flexibility index (Phi) is 3.52. The first-order chi connectivity index (χ1) is 8.28. The molecule has 18 heavy (non-hydrogen) atoms. The van der Waals surface area contributed by atoms with E-state index in [1.807, 2.05) is 20.8 Å². The molecule has 1 aliphatic rings. The summed E-state index contributed by atoms with van der Waals surface area (Å²) in [7, 11) is -3.44. The number of aromatic nitrogens is 1. The first kappa shape index (κ1) is 13.9. The van der Waals surface area contributed by atoms with Gasteiger partial charge in [-0.25, -0.2) is 13.4 Å². The van der Waals surface area contributed by atoms with Gasteiger partial charge in [-0.3, -0.25) is 0 Å². The minimum atomic E-state index is -3.44. The van der Waals surface area contributed by atoms with Gasteiger partial charge in [0.2, 0.25) is 4.34 Å². The predicted octanol–water partition coefficient (Wildman–Crippen LogP) is 1.12. The first-order valence-corrected chi connectivity index (χ1v) is 8.18. The molecular formula is C11H19N3O2S2. The summed E-state index contributed by atoms with van der Waals surface area (Å²) in [4.78, 5) is 5.11. The SMILES string of the molecule is Cc1nc(S(=O)(=O)N2CCC(C)(CN)C2)sc1C. The van der Waals surface area contributed by atoms with E-state index >= 15 is 0 Å². The Morgan fingerprint density at radius 1 is 1.50 bits per heavy atom. The van der Waals surface area contributed by atoms with Gasteiger partial charge in [-0.1, -0.05) is 6.92 Å². The van der Waals surface area contributed by atoms with Gasteiger partial charge >= 0.3 is 0 Å². The molecule has 1 aromatic heterocycles. The third kappa shape index (κ3) is 2.32. The van der Waals surface area contributed by atoms with Crippen LogP contribution < -0.4 is 5.73 Å².